The molecule has 0 aromatic carbocycles. The Labute approximate surface area is 94.7 Å². The zero-order valence-corrected chi connectivity index (χ0v) is 9.62. The summed E-state index contributed by atoms with van der Waals surface area (Å²) < 4.78 is 9.97. The molecule has 2 amide bonds. The van der Waals surface area contributed by atoms with Crippen LogP contribution in [0.5, 0.6) is 0 Å². The summed E-state index contributed by atoms with van der Waals surface area (Å²) in [7, 11) is 0. The Hall–Kier alpha value is -1.30. The van der Waals surface area contributed by atoms with Gasteiger partial charge in [-0.15, -0.1) is 0 Å². The molecule has 0 radical (unpaired) electrons. The monoisotopic (exact) mass is 230 g/mol. The van der Waals surface area contributed by atoms with E-state index in [4.69, 9.17) is 4.74 Å². The molecule has 6 heteroatoms. The van der Waals surface area contributed by atoms with Gasteiger partial charge in [0.1, 0.15) is 6.54 Å². The first-order chi connectivity index (χ1) is 7.63. The molecule has 0 spiro atoms. The van der Waals surface area contributed by atoms with E-state index in [9.17, 15) is 9.59 Å². The maximum absolute atomic E-state index is 11.4. The van der Waals surface area contributed by atoms with Gasteiger partial charge >= 0.3 is 12.0 Å². The molecule has 0 aromatic heterocycles. The fraction of sp³-hybridized carbons (Fsp3) is 0.800. The molecule has 2 unspecified atom stereocenters. The molecule has 2 N–H and O–H groups in total. The zero-order chi connectivity index (χ0) is 12.0. The molecule has 92 valence electrons. The van der Waals surface area contributed by atoms with Crippen molar-refractivity contribution in [3.8, 4) is 0 Å². The Balaban J connectivity index is 2.18. The summed E-state index contributed by atoms with van der Waals surface area (Å²) >= 11 is 0. The molecule has 1 heterocycles. The summed E-state index contributed by atoms with van der Waals surface area (Å²) in [6.45, 7) is 4.49. The molecule has 1 fully saturated rings. The minimum absolute atomic E-state index is 0.0159. The smallest absolute Gasteiger partial charge is 0.325 e. The van der Waals surface area contributed by atoms with E-state index in [1.807, 2.05) is 6.92 Å². The first-order valence-electron chi connectivity index (χ1n) is 5.45. The topological polar surface area (TPSA) is 76.7 Å². The Morgan fingerprint density at radius 2 is 2.25 bits per heavy atom. The predicted molar refractivity (Wildman–Crippen MR) is 57.0 cm³/mol. The van der Waals surface area contributed by atoms with Crippen LogP contribution < -0.4 is 10.6 Å². The van der Waals surface area contributed by atoms with Crippen molar-refractivity contribution < 1.29 is 19.1 Å². The van der Waals surface area contributed by atoms with E-state index in [2.05, 4.69) is 15.4 Å². The Morgan fingerprint density at radius 3 is 2.81 bits per heavy atom. The molecular formula is C10H18N2O4. The van der Waals surface area contributed by atoms with E-state index in [-0.39, 0.29) is 24.7 Å². The lowest BCUT2D eigenvalue weighted by atomic mass is 10.2. The lowest BCUT2D eigenvalue weighted by molar-refractivity contribution is -0.141. The number of hydrogen-bond donors (Lipinski definition) is 2. The molecule has 0 aromatic rings. The third-order valence-corrected chi connectivity index (χ3v) is 2.39. The van der Waals surface area contributed by atoms with Gasteiger partial charge in [0, 0.05) is 6.61 Å². The van der Waals surface area contributed by atoms with Gasteiger partial charge in [0.25, 0.3) is 0 Å². The molecule has 2 atom stereocenters. The summed E-state index contributed by atoms with van der Waals surface area (Å²) in [5.41, 5.74) is 0. The summed E-state index contributed by atoms with van der Waals surface area (Å²) in [6, 6.07) is -0.349. The third-order valence-electron chi connectivity index (χ3n) is 2.39. The van der Waals surface area contributed by atoms with E-state index < -0.39 is 5.97 Å². The van der Waals surface area contributed by atoms with Crippen LogP contribution in [0.15, 0.2) is 0 Å². The van der Waals surface area contributed by atoms with Crippen molar-refractivity contribution in [2.24, 2.45) is 0 Å². The first-order valence-corrected chi connectivity index (χ1v) is 5.45. The van der Waals surface area contributed by atoms with Crippen LogP contribution in [0.4, 0.5) is 4.79 Å². The van der Waals surface area contributed by atoms with Crippen LogP contribution in [-0.2, 0) is 14.3 Å². The van der Waals surface area contributed by atoms with Crippen LogP contribution in [0.1, 0.15) is 20.3 Å². The molecule has 0 bridgehead atoms. The standard InChI is InChI=1S/C10H18N2O4/c1-3-15-9(13)6-11-10(14)12-8-4-5-16-7(8)2/h7-8H,3-6H2,1-2H3,(H2,11,12,14). The summed E-state index contributed by atoms with van der Waals surface area (Å²) in [5, 5.41) is 5.18. The maximum atomic E-state index is 11.4. The highest BCUT2D eigenvalue weighted by atomic mass is 16.5. The van der Waals surface area contributed by atoms with Crippen LogP contribution >= 0.6 is 0 Å². The molecule has 16 heavy (non-hydrogen) atoms. The fourth-order valence-electron chi connectivity index (χ4n) is 1.51. The van der Waals surface area contributed by atoms with Crippen molar-refractivity contribution >= 4 is 12.0 Å². The van der Waals surface area contributed by atoms with Gasteiger partial charge in [0.15, 0.2) is 0 Å². The van der Waals surface area contributed by atoms with Gasteiger partial charge in [-0.05, 0) is 20.3 Å². The van der Waals surface area contributed by atoms with Gasteiger partial charge in [0.2, 0.25) is 0 Å². The summed E-state index contributed by atoms with van der Waals surface area (Å²) in [4.78, 5) is 22.3. The largest absolute Gasteiger partial charge is 0.465 e. The number of ether oxygens (including phenoxy) is 2. The second-order valence-corrected chi connectivity index (χ2v) is 3.60. The molecule has 0 aliphatic carbocycles. The molecule has 6 nitrogen and oxygen atoms in total. The second-order valence-electron chi connectivity index (χ2n) is 3.60. The minimum Gasteiger partial charge on any atom is -0.465 e. The molecule has 1 aliphatic rings. The van der Waals surface area contributed by atoms with Crippen LogP contribution in [0.2, 0.25) is 0 Å². The fourth-order valence-corrected chi connectivity index (χ4v) is 1.51. The number of urea groups is 1. The van der Waals surface area contributed by atoms with Crippen molar-refractivity contribution in [3.05, 3.63) is 0 Å². The molecule has 1 saturated heterocycles. The normalized spacial score (nSPS) is 23.9. The van der Waals surface area contributed by atoms with E-state index in [0.717, 1.165) is 6.42 Å². The van der Waals surface area contributed by atoms with Crippen LogP contribution in [0, 0.1) is 0 Å². The quantitative estimate of drug-likeness (QED) is 0.668. The highest BCUT2D eigenvalue weighted by Crippen LogP contribution is 2.11. The average molecular weight is 230 g/mol. The van der Waals surface area contributed by atoms with Gasteiger partial charge in [-0.2, -0.15) is 0 Å². The second kappa shape index (κ2) is 6.32. The summed E-state index contributed by atoms with van der Waals surface area (Å²) in [6.07, 6.45) is 0.821. The Morgan fingerprint density at radius 1 is 1.50 bits per heavy atom. The van der Waals surface area contributed by atoms with Gasteiger partial charge in [0.05, 0.1) is 18.8 Å². The number of carbonyl (C=O) groups excluding carboxylic acids is 2. The molecule has 1 rings (SSSR count). The zero-order valence-electron chi connectivity index (χ0n) is 9.62. The molecule has 0 saturated carbocycles. The van der Waals surface area contributed by atoms with Crippen LogP contribution in [0.3, 0.4) is 0 Å². The number of amides is 2. The van der Waals surface area contributed by atoms with Gasteiger partial charge < -0.3 is 20.1 Å². The number of rotatable bonds is 4. The highest BCUT2D eigenvalue weighted by Gasteiger charge is 2.25. The van der Waals surface area contributed by atoms with E-state index >= 15 is 0 Å². The number of nitrogens with one attached hydrogen (secondary N) is 2. The van der Waals surface area contributed by atoms with Gasteiger partial charge in [-0.25, -0.2) is 4.79 Å². The lowest BCUT2D eigenvalue weighted by Crippen LogP contribution is -2.46. The van der Waals surface area contributed by atoms with E-state index in [1.54, 1.807) is 6.92 Å². The van der Waals surface area contributed by atoms with E-state index in [0.29, 0.717) is 13.2 Å². The lowest BCUT2D eigenvalue weighted by Gasteiger charge is -2.16. The van der Waals surface area contributed by atoms with Crippen molar-refractivity contribution in [3.63, 3.8) is 0 Å². The van der Waals surface area contributed by atoms with Crippen LogP contribution in [0.25, 0.3) is 0 Å². The van der Waals surface area contributed by atoms with E-state index in [1.165, 1.54) is 0 Å². The number of hydrogen-bond acceptors (Lipinski definition) is 4. The van der Waals surface area contributed by atoms with Crippen molar-refractivity contribution in [1.29, 1.82) is 0 Å². The number of carbonyl (C=O) groups is 2. The Bertz CT molecular complexity index is 257. The van der Waals surface area contributed by atoms with Crippen molar-refractivity contribution in [1.82, 2.24) is 10.6 Å². The minimum atomic E-state index is -0.437. The average Bonchev–Trinajstić information content (AvgIpc) is 2.62. The van der Waals surface area contributed by atoms with Gasteiger partial charge in [-0.1, -0.05) is 0 Å². The first kappa shape index (κ1) is 12.8. The molecule has 1 aliphatic heterocycles. The highest BCUT2D eigenvalue weighted by molar-refractivity contribution is 5.80. The maximum Gasteiger partial charge on any atom is 0.325 e. The van der Waals surface area contributed by atoms with Crippen molar-refractivity contribution in [2.45, 2.75) is 32.4 Å². The number of esters is 1. The van der Waals surface area contributed by atoms with Crippen molar-refractivity contribution in [2.75, 3.05) is 19.8 Å². The Kier molecular flexibility index (Phi) is 5.04. The predicted octanol–water partition coefficient (Wildman–Crippen LogP) is 0.0261. The molecular weight excluding hydrogens is 212 g/mol. The van der Waals surface area contributed by atoms with Gasteiger partial charge in [-0.3, -0.25) is 4.79 Å². The summed E-state index contributed by atoms with van der Waals surface area (Å²) in [5.74, 6) is -0.437. The van der Waals surface area contributed by atoms with Crippen LogP contribution in [-0.4, -0.2) is 43.9 Å². The third kappa shape index (κ3) is 4.06. The SMILES string of the molecule is CCOC(=O)CNC(=O)NC1CCOC1C.